The van der Waals surface area contributed by atoms with Crippen molar-refractivity contribution < 1.29 is 23.2 Å². The number of Topliss-reactive ketones (excluding diaryl/α,β-unsaturated/α-hetero) is 1. The number of thioether (sulfide) groups is 1. The van der Waals surface area contributed by atoms with Gasteiger partial charge < -0.3 is 9.26 Å². The summed E-state index contributed by atoms with van der Waals surface area (Å²) in [5.74, 6) is -1.72. The van der Waals surface area contributed by atoms with Crippen molar-refractivity contribution in [1.82, 2.24) is 5.16 Å². The van der Waals surface area contributed by atoms with Crippen molar-refractivity contribution in [3.63, 3.8) is 0 Å². The summed E-state index contributed by atoms with van der Waals surface area (Å²) in [5, 5.41) is 3.82. The molecule has 8 heteroatoms. The van der Waals surface area contributed by atoms with Crippen molar-refractivity contribution in [3.05, 3.63) is 70.2 Å². The summed E-state index contributed by atoms with van der Waals surface area (Å²) in [4.78, 5) is 25.8. The molecule has 1 aromatic heterocycles. The van der Waals surface area contributed by atoms with Gasteiger partial charge in [-0.2, -0.15) is 0 Å². The molecule has 0 aliphatic carbocycles. The zero-order valence-electron chi connectivity index (χ0n) is 15.0. The zero-order chi connectivity index (χ0) is 20.3. The topological polar surface area (TPSA) is 69.4 Å². The molecule has 0 unspecified atom stereocenters. The Hall–Kier alpha value is -2.64. The summed E-state index contributed by atoms with van der Waals surface area (Å²) in [5.41, 5.74) is 0.219. The van der Waals surface area contributed by atoms with Crippen LogP contribution in [0.4, 0.5) is 4.39 Å². The van der Waals surface area contributed by atoms with Crippen molar-refractivity contribution in [3.8, 4) is 11.3 Å². The van der Waals surface area contributed by atoms with Gasteiger partial charge in [0.15, 0.2) is 12.4 Å². The fourth-order valence-corrected chi connectivity index (χ4v) is 3.23. The number of esters is 1. The third-order valence-corrected chi connectivity index (χ3v) is 5.07. The fourth-order valence-electron chi connectivity index (χ4n) is 2.57. The van der Waals surface area contributed by atoms with E-state index in [9.17, 15) is 14.0 Å². The standard InChI is InChI=1S/C20H15ClFNO4S/c1-11-17(19(23-27-11)18-14(21)4-3-5-15(18)22)20(25)26-10-16(24)12-6-8-13(28-2)9-7-12/h3-9H,10H2,1-2H3. The van der Waals surface area contributed by atoms with E-state index in [0.29, 0.717) is 5.56 Å². The van der Waals surface area contributed by atoms with Gasteiger partial charge in [-0.25, -0.2) is 9.18 Å². The summed E-state index contributed by atoms with van der Waals surface area (Å²) >= 11 is 7.61. The first kappa shape index (κ1) is 20.1. The number of hydrogen-bond donors (Lipinski definition) is 0. The molecular formula is C20H15ClFNO4S. The molecule has 144 valence electrons. The van der Waals surface area contributed by atoms with Gasteiger partial charge >= 0.3 is 5.97 Å². The average Bonchev–Trinajstić information content (AvgIpc) is 3.07. The largest absolute Gasteiger partial charge is 0.454 e. The lowest BCUT2D eigenvalue weighted by molar-refractivity contribution is 0.0473. The third-order valence-electron chi connectivity index (χ3n) is 4.01. The van der Waals surface area contributed by atoms with Crippen LogP contribution in [-0.2, 0) is 4.74 Å². The van der Waals surface area contributed by atoms with Crippen LogP contribution in [0.5, 0.6) is 0 Å². The number of carbonyl (C=O) groups is 2. The van der Waals surface area contributed by atoms with Crippen LogP contribution >= 0.6 is 23.4 Å². The summed E-state index contributed by atoms with van der Waals surface area (Å²) in [6, 6.07) is 11.1. The Kier molecular flexibility index (Phi) is 6.16. The maximum Gasteiger partial charge on any atom is 0.344 e. The molecule has 0 spiro atoms. The van der Waals surface area contributed by atoms with Gasteiger partial charge in [0.05, 0.1) is 10.6 Å². The number of aromatic nitrogens is 1. The number of aryl methyl sites for hydroxylation is 1. The predicted molar refractivity (Wildman–Crippen MR) is 104 cm³/mol. The van der Waals surface area contributed by atoms with E-state index in [1.807, 2.05) is 18.4 Å². The molecule has 2 aromatic carbocycles. The number of benzene rings is 2. The number of nitrogens with zero attached hydrogens (tertiary/aromatic N) is 1. The second-order valence-corrected chi connectivity index (χ2v) is 7.07. The summed E-state index contributed by atoms with van der Waals surface area (Å²) in [6.07, 6.45) is 1.93. The van der Waals surface area contributed by atoms with Gasteiger partial charge in [-0.15, -0.1) is 11.8 Å². The highest BCUT2D eigenvalue weighted by Gasteiger charge is 2.27. The number of ketones is 1. The average molecular weight is 420 g/mol. The van der Waals surface area contributed by atoms with E-state index >= 15 is 0 Å². The molecule has 3 rings (SSSR count). The van der Waals surface area contributed by atoms with E-state index < -0.39 is 18.4 Å². The minimum absolute atomic E-state index is 0.0630. The van der Waals surface area contributed by atoms with Crippen LogP contribution < -0.4 is 0 Å². The first-order valence-corrected chi connectivity index (χ1v) is 9.77. The fraction of sp³-hybridized carbons (Fsp3) is 0.150. The molecule has 0 fully saturated rings. The molecule has 1 heterocycles. The molecule has 0 amide bonds. The molecule has 5 nitrogen and oxygen atoms in total. The second kappa shape index (κ2) is 8.58. The highest BCUT2D eigenvalue weighted by Crippen LogP contribution is 2.33. The van der Waals surface area contributed by atoms with Gasteiger partial charge in [0.2, 0.25) is 0 Å². The molecule has 0 saturated heterocycles. The monoisotopic (exact) mass is 419 g/mol. The molecule has 0 atom stereocenters. The Morgan fingerprint density at radius 2 is 1.93 bits per heavy atom. The normalized spacial score (nSPS) is 10.7. The third kappa shape index (κ3) is 4.10. The number of carbonyl (C=O) groups excluding carboxylic acids is 2. The summed E-state index contributed by atoms with van der Waals surface area (Å²) < 4.78 is 24.4. The Bertz CT molecular complexity index is 1010. The number of rotatable bonds is 6. The second-order valence-electron chi connectivity index (χ2n) is 5.79. The highest BCUT2D eigenvalue weighted by molar-refractivity contribution is 7.98. The smallest absolute Gasteiger partial charge is 0.344 e. The Balaban J connectivity index is 1.80. The SMILES string of the molecule is CSc1ccc(C(=O)COC(=O)c2c(-c3c(F)cccc3Cl)noc2C)cc1. The van der Waals surface area contributed by atoms with E-state index in [2.05, 4.69) is 5.16 Å². The van der Waals surface area contributed by atoms with Crippen LogP contribution in [0.25, 0.3) is 11.3 Å². The molecule has 3 aromatic rings. The van der Waals surface area contributed by atoms with E-state index in [1.165, 1.54) is 25.1 Å². The molecule has 0 bridgehead atoms. The lowest BCUT2D eigenvalue weighted by atomic mass is 10.1. The first-order valence-electron chi connectivity index (χ1n) is 8.17. The quantitative estimate of drug-likeness (QED) is 0.310. The minimum Gasteiger partial charge on any atom is -0.454 e. The number of ether oxygens (including phenoxy) is 1. The molecular weight excluding hydrogens is 405 g/mol. The molecule has 0 saturated carbocycles. The molecule has 0 radical (unpaired) electrons. The van der Waals surface area contributed by atoms with Gasteiger partial charge in [0.25, 0.3) is 0 Å². The maximum absolute atomic E-state index is 14.2. The predicted octanol–water partition coefficient (Wildman–Crippen LogP) is 5.20. The molecule has 28 heavy (non-hydrogen) atoms. The van der Waals surface area contributed by atoms with Crippen LogP contribution in [0.15, 0.2) is 51.9 Å². The van der Waals surface area contributed by atoms with Gasteiger partial charge in [-0.1, -0.05) is 35.0 Å². The van der Waals surface area contributed by atoms with E-state index in [0.717, 1.165) is 4.90 Å². The molecule has 0 aliphatic rings. The summed E-state index contributed by atoms with van der Waals surface area (Å²) in [6.45, 7) is 1.03. The van der Waals surface area contributed by atoms with Gasteiger partial charge in [-0.05, 0) is 37.4 Å². The van der Waals surface area contributed by atoms with Crippen LogP contribution in [0, 0.1) is 12.7 Å². The van der Waals surface area contributed by atoms with Crippen molar-refractivity contribution in [1.29, 1.82) is 0 Å². The summed E-state index contributed by atoms with van der Waals surface area (Å²) in [7, 11) is 0. The van der Waals surface area contributed by atoms with Gasteiger partial charge in [-0.3, -0.25) is 4.79 Å². The van der Waals surface area contributed by atoms with Gasteiger partial charge in [0, 0.05) is 10.5 Å². The first-order chi connectivity index (χ1) is 13.4. The lowest BCUT2D eigenvalue weighted by Crippen LogP contribution is -2.15. The van der Waals surface area contributed by atoms with Gasteiger partial charge in [0.1, 0.15) is 22.8 Å². The Morgan fingerprint density at radius 3 is 2.57 bits per heavy atom. The zero-order valence-corrected chi connectivity index (χ0v) is 16.6. The lowest BCUT2D eigenvalue weighted by Gasteiger charge is -2.07. The van der Waals surface area contributed by atoms with Crippen molar-refractivity contribution in [2.24, 2.45) is 0 Å². The van der Waals surface area contributed by atoms with E-state index in [1.54, 1.807) is 23.9 Å². The van der Waals surface area contributed by atoms with Crippen LogP contribution in [-0.4, -0.2) is 29.8 Å². The van der Waals surface area contributed by atoms with E-state index in [-0.39, 0.29) is 33.4 Å². The van der Waals surface area contributed by atoms with Crippen LogP contribution in [0.3, 0.4) is 0 Å². The minimum atomic E-state index is -0.845. The van der Waals surface area contributed by atoms with E-state index in [4.69, 9.17) is 20.9 Å². The Labute approximate surface area is 169 Å². The highest BCUT2D eigenvalue weighted by atomic mass is 35.5. The number of halogens is 2. The van der Waals surface area contributed by atoms with Crippen molar-refractivity contribution >= 4 is 35.1 Å². The Morgan fingerprint density at radius 1 is 1.21 bits per heavy atom. The van der Waals surface area contributed by atoms with Crippen molar-refractivity contribution in [2.75, 3.05) is 12.9 Å². The number of hydrogen-bond acceptors (Lipinski definition) is 6. The molecule has 0 aliphatic heterocycles. The molecule has 0 N–H and O–H groups in total. The maximum atomic E-state index is 14.2. The van der Waals surface area contributed by atoms with Crippen LogP contribution in [0.2, 0.25) is 5.02 Å². The van der Waals surface area contributed by atoms with Crippen LogP contribution in [0.1, 0.15) is 26.5 Å². The van der Waals surface area contributed by atoms with Crippen molar-refractivity contribution in [2.45, 2.75) is 11.8 Å².